The van der Waals surface area contributed by atoms with Gasteiger partial charge in [-0.1, -0.05) is 6.92 Å². The van der Waals surface area contributed by atoms with E-state index in [-0.39, 0.29) is 13.2 Å². The van der Waals surface area contributed by atoms with E-state index < -0.39 is 12.0 Å². The van der Waals surface area contributed by atoms with Gasteiger partial charge in [-0.3, -0.25) is 9.20 Å². The lowest BCUT2D eigenvalue weighted by Crippen LogP contribution is -2.34. The van der Waals surface area contributed by atoms with Crippen molar-refractivity contribution in [1.82, 2.24) is 19.9 Å². The van der Waals surface area contributed by atoms with E-state index in [4.69, 9.17) is 4.74 Å². The van der Waals surface area contributed by atoms with E-state index in [0.29, 0.717) is 11.3 Å². The largest absolute Gasteiger partial charge is 0.465 e. The zero-order valence-corrected chi connectivity index (χ0v) is 11.9. The normalized spacial score (nSPS) is 10.4. The summed E-state index contributed by atoms with van der Waals surface area (Å²) in [6.07, 6.45) is 2.47. The van der Waals surface area contributed by atoms with Gasteiger partial charge in [0.1, 0.15) is 12.4 Å². The number of aromatic nitrogens is 3. The summed E-state index contributed by atoms with van der Waals surface area (Å²) >= 11 is 0. The molecule has 21 heavy (non-hydrogen) atoms. The number of fused-ring (bicyclic) bond motifs is 1. The minimum absolute atomic E-state index is 0.172. The molecule has 0 saturated heterocycles. The van der Waals surface area contributed by atoms with Crippen LogP contribution in [0.2, 0.25) is 0 Å². The predicted octanol–water partition coefficient (Wildman–Crippen LogP) is 0.976. The minimum atomic E-state index is -0.478. The number of nitrogens with one attached hydrogen (secondary N) is 2. The Bertz CT molecular complexity index is 652. The van der Waals surface area contributed by atoms with Crippen molar-refractivity contribution in [3.8, 4) is 0 Å². The van der Waals surface area contributed by atoms with Crippen molar-refractivity contribution < 1.29 is 14.3 Å². The molecular weight excluding hydrogens is 274 g/mol. The first-order valence-electron chi connectivity index (χ1n) is 6.68. The number of pyridine rings is 1. The van der Waals surface area contributed by atoms with Gasteiger partial charge in [-0.05, 0) is 19.1 Å². The molecule has 2 aromatic heterocycles. The number of rotatable bonds is 5. The van der Waals surface area contributed by atoms with Crippen molar-refractivity contribution in [1.29, 1.82) is 0 Å². The first-order valence-corrected chi connectivity index (χ1v) is 6.68. The minimum Gasteiger partial charge on any atom is -0.465 e. The van der Waals surface area contributed by atoms with Crippen LogP contribution in [0.25, 0.3) is 5.65 Å². The molecular formula is C13H17N5O3. The van der Waals surface area contributed by atoms with Gasteiger partial charge in [0, 0.05) is 12.6 Å². The van der Waals surface area contributed by atoms with Crippen molar-refractivity contribution in [3.63, 3.8) is 0 Å². The fourth-order valence-corrected chi connectivity index (χ4v) is 1.79. The molecule has 2 rings (SSSR count). The quantitative estimate of drug-likeness (QED) is 0.800. The van der Waals surface area contributed by atoms with Crippen LogP contribution in [0.4, 0.5) is 10.5 Å². The zero-order valence-electron chi connectivity index (χ0n) is 11.9. The van der Waals surface area contributed by atoms with Gasteiger partial charge in [-0.2, -0.15) is 0 Å². The lowest BCUT2D eigenvalue weighted by molar-refractivity contribution is -0.141. The summed E-state index contributed by atoms with van der Waals surface area (Å²) in [6.45, 7) is 3.79. The second-order valence-electron chi connectivity index (χ2n) is 4.23. The number of carbonyl (C=O) groups is 2. The van der Waals surface area contributed by atoms with E-state index in [9.17, 15) is 9.59 Å². The molecule has 0 aliphatic carbocycles. The number of urea groups is 1. The van der Waals surface area contributed by atoms with Gasteiger partial charge in [0.05, 0.1) is 12.3 Å². The number of ether oxygens (including phenoxy) is 1. The van der Waals surface area contributed by atoms with Gasteiger partial charge in [-0.25, -0.2) is 4.79 Å². The molecule has 2 heterocycles. The molecule has 0 bridgehead atoms. The van der Waals surface area contributed by atoms with Crippen molar-refractivity contribution in [2.75, 3.05) is 18.5 Å². The fourth-order valence-electron chi connectivity index (χ4n) is 1.79. The molecule has 2 N–H and O–H groups in total. The maximum atomic E-state index is 11.7. The maximum Gasteiger partial charge on any atom is 0.325 e. The molecule has 0 saturated carbocycles. The lowest BCUT2D eigenvalue weighted by Gasteiger charge is -2.08. The average Bonchev–Trinajstić information content (AvgIpc) is 2.88. The zero-order chi connectivity index (χ0) is 15.2. The Labute approximate surface area is 121 Å². The van der Waals surface area contributed by atoms with Crippen molar-refractivity contribution >= 4 is 23.3 Å². The molecule has 0 aromatic carbocycles. The van der Waals surface area contributed by atoms with Gasteiger partial charge in [-0.15, -0.1) is 10.2 Å². The highest BCUT2D eigenvalue weighted by atomic mass is 16.5. The number of anilines is 1. The Balaban J connectivity index is 1.99. The predicted molar refractivity (Wildman–Crippen MR) is 76.0 cm³/mol. The van der Waals surface area contributed by atoms with Crippen LogP contribution in [0.3, 0.4) is 0 Å². The van der Waals surface area contributed by atoms with Crippen LogP contribution in [-0.4, -0.2) is 39.8 Å². The number of esters is 1. The Morgan fingerprint density at radius 2 is 2.10 bits per heavy atom. The maximum absolute atomic E-state index is 11.7. The topological polar surface area (TPSA) is 97.6 Å². The van der Waals surface area contributed by atoms with Crippen LogP contribution in [0.15, 0.2) is 18.3 Å². The van der Waals surface area contributed by atoms with E-state index in [0.717, 1.165) is 12.2 Å². The summed E-state index contributed by atoms with van der Waals surface area (Å²) in [5.74, 6) is 0.329. The molecule has 2 aromatic rings. The number of nitrogens with zero attached hydrogens (tertiary/aromatic N) is 3. The molecule has 112 valence electrons. The summed E-state index contributed by atoms with van der Waals surface area (Å²) in [6, 6.07) is 2.99. The molecule has 0 aliphatic rings. The van der Waals surface area contributed by atoms with Crippen LogP contribution < -0.4 is 10.6 Å². The number of carbonyl (C=O) groups excluding carboxylic acids is 2. The Morgan fingerprint density at radius 1 is 1.29 bits per heavy atom. The highest BCUT2D eigenvalue weighted by molar-refractivity contribution is 5.91. The lowest BCUT2D eigenvalue weighted by atomic mass is 10.4. The summed E-state index contributed by atoms with van der Waals surface area (Å²) in [4.78, 5) is 22.8. The molecule has 0 spiro atoms. The van der Waals surface area contributed by atoms with Gasteiger partial charge in [0.15, 0.2) is 5.65 Å². The van der Waals surface area contributed by atoms with E-state index in [1.54, 1.807) is 29.7 Å². The molecule has 0 atom stereocenters. The monoisotopic (exact) mass is 291 g/mol. The number of hydrogen-bond acceptors (Lipinski definition) is 5. The van der Waals surface area contributed by atoms with E-state index in [1.807, 2.05) is 6.92 Å². The van der Waals surface area contributed by atoms with Crippen molar-refractivity contribution in [3.05, 3.63) is 24.2 Å². The SMILES string of the molecule is CCOC(=O)CNC(=O)Nc1ccc2nnc(CC)n2c1. The fraction of sp³-hybridized carbons (Fsp3) is 0.385. The average molecular weight is 291 g/mol. The first kappa shape index (κ1) is 14.8. The van der Waals surface area contributed by atoms with Crippen LogP contribution in [0, 0.1) is 0 Å². The first-order chi connectivity index (χ1) is 10.1. The van der Waals surface area contributed by atoms with E-state index in [1.165, 1.54) is 0 Å². The molecule has 0 unspecified atom stereocenters. The Morgan fingerprint density at radius 3 is 2.81 bits per heavy atom. The van der Waals surface area contributed by atoms with Crippen molar-refractivity contribution in [2.45, 2.75) is 20.3 Å². The van der Waals surface area contributed by atoms with Gasteiger partial charge in [0.2, 0.25) is 0 Å². The number of amides is 2. The smallest absolute Gasteiger partial charge is 0.325 e. The second kappa shape index (κ2) is 6.69. The molecule has 2 amide bonds. The standard InChI is InChI=1S/C13H17N5O3/c1-3-10-16-17-11-6-5-9(8-18(10)11)15-13(20)14-7-12(19)21-4-2/h5-6,8H,3-4,7H2,1-2H3,(H2,14,15,20). The molecule has 8 heteroatoms. The van der Waals surface area contributed by atoms with E-state index in [2.05, 4.69) is 20.8 Å². The second-order valence-corrected chi connectivity index (χ2v) is 4.23. The van der Waals surface area contributed by atoms with Crippen molar-refractivity contribution in [2.24, 2.45) is 0 Å². The summed E-state index contributed by atoms with van der Waals surface area (Å²) in [5, 5.41) is 13.1. The molecule has 0 aliphatic heterocycles. The summed E-state index contributed by atoms with van der Waals surface area (Å²) < 4.78 is 6.52. The van der Waals surface area contributed by atoms with Crippen LogP contribution in [0.5, 0.6) is 0 Å². The molecule has 0 radical (unpaired) electrons. The Kier molecular flexibility index (Phi) is 4.70. The highest BCUT2D eigenvalue weighted by Crippen LogP contribution is 2.11. The molecule has 8 nitrogen and oxygen atoms in total. The highest BCUT2D eigenvalue weighted by Gasteiger charge is 2.08. The Hall–Kier alpha value is -2.64. The van der Waals surface area contributed by atoms with Gasteiger partial charge < -0.3 is 15.4 Å². The van der Waals surface area contributed by atoms with Crippen LogP contribution in [-0.2, 0) is 16.0 Å². The van der Waals surface area contributed by atoms with Crippen LogP contribution >= 0.6 is 0 Å². The molecule has 0 fully saturated rings. The third-order valence-corrected chi connectivity index (χ3v) is 2.75. The third kappa shape index (κ3) is 3.68. The third-order valence-electron chi connectivity index (χ3n) is 2.75. The number of aryl methyl sites for hydroxylation is 1. The van der Waals surface area contributed by atoms with Gasteiger partial charge >= 0.3 is 12.0 Å². The van der Waals surface area contributed by atoms with Crippen LogP contribution in [0.1, 0.15) is 19.7 Å². The summed E-state index contributed by atoms with van der Waals surface area (Å²) in [5.41, 5.74) is 1.29. The van der Waals surface area contributed by atoms with Gasteiger partial charge in [0.25, 0.3) is 0 Å². The van der Waals surface area contributed by atoms with E-state index >= 15 is 0 Å². The summed E-state index contributed by atoms with van der Waals surface area (Å²) in [7, 11) is 0. The number of hydrogen-bond donors (Lipinski definition) is 2.